The molecule has 41 nitrogen and oxygen atoms in total. The summed E-state index contributed by atoms with van der Waals surface area (Å²) in [5.74, 6) is -13.7. The van der Waals surface area contributed by atoms with Crippen LogP contribution in [0.4, 0.5) is 0 Å². The van der Waals surface area contributed by atoms with Crippen molar-refractivity contribution in [3.63, 3.8) is 0 Å². The summed E-state index contributed by atoms with van der Waals surface area (Å²) < 4.78 is 53.5. The molecule has 15 rings (SSSR count). The molecule has 11 bridgehead atoms. The topological polar surface area (TPSA) is 640 Å². The maximum Gasteiger partial charge on any atom is 0.248 e. The molecule has 0 saturated carbocycles. The van der Waals surface area contributed by atoms with Crippen LogP contribution < -0.4 is 89.9 Å². The van der Waals surface area contributed by atoms with Gasteiger partial charge < -0.3 is 165 Å². The Morgan fingerprint density at radius 1 is 0.622 bits per heavy atom. The van der Waals surface area contributed by atoms with E-state index in [9.17, 15) is 65.4 Å². The van der Waals surface area contributed by atoms with Gasteiger partial charge in [-0.2, -0.15) is 0 Å². The lowest BCUT2D eigenvalue weighted by Crippen LogP contribution is -2.65. The predicted octanol–water partition coefficient (Wildman–Crippen LogP) is 2.78. The van der Waals surface area contributed by atoms with Crippen LogP contribution in [0.5, 0.6) is 34.5 Å². The lowest BCUT2D eigenvalue weighted by atomic mass is 9.84. The number of carbonyl (C=O) groups excluding carboxylic acids is 9. The molecule has 0 aromatic heterocycles. The number of carbonyl (C=O) groups is 9. The number of fused-ring (bicyclic) bond motifs is 15. The fraction of sp³-hybridized carbons (Fsp3) is 0.480. The molecule has 1 unspecified atom stereocenters. The van der Waals surface area contributed by atoms with Gasteiger partial charge >= 0.3 is 0 Å². The van der Waals surface area contributed by atoms with Crippen molar-refractivity contribution in [1.82, 2.24) is 58.5 Å². The molecule has 0 radical (unpaired) electrons. The van der Waals surface area contributed by atoms with E-state index in [0.717, 1.165) is 98.1 Å². The molecule has 7 aromatic rings. The number of amides is 8. The molecule has 0 spiro atoms. The number of primary amides is 1. The van der Waals surface area contributed by atoms with Gasteiger partial charge in [-0.25, -0.2) is 0 Å². The number of phenolic OH excluding ortho intramolecular Hbond substituents is 1. The Hall–Kier alpha value is -10.4. The van der Waals surface area contributed by atoms with E-state index in [2.05, 4.69) is 58.5 Å². The highest BCUT2D eigenvalue weighted by atomic mass is 35.5. The molecular formula is C98H123Cl3N14O27S. The van der Waals surface area contributed by atoms with E-state index in [1.165, 1.54) is 70.3 Å². The van der Waals surface area contributed by atoms with Crippen LogP contribution in [0.25, 0.3) is 22.3 Å². The second kappa shape index (κ2) is 49.2. The highest BCUT2D eigenvalue weighted by Crippen LogP contribution is 2.50. The standard InChI is InChI=1S/C98H123Cl3N14O27S/c1-46(117)33-64(105-6)88(126)114-78-80(121)53-18-25-66(62(100)35-53)137-68-37-55-38-69(84(68)142-96-85(82(123)81(122)70(44-116)139-96)141-74-42-98(5,87(125)48(3)136-74)109-43-49-11-13-50(14-12-49)51-15-20-56(99)21-16-51)138-67-26-19-54(36-63(67)101)83(140-73-41-97(4,104)86(124)47(2)135-73)79-93(131)113-77(95(134)143-45-72(120)108-31-10-30-106-28-8-7-9-29-107-32-27-102)61-39-57(118)22-24-58(61)60-34-52(17-23-59(60)94(132)133)75(90(128)115-79)112-91(129)76(55)111-89(127)65(40-71(103)119)110-92(78)130/h11-26,34-39,46-48,64-65,70,73-83,85-87,94,96,105-107,109,116-118,121-125,132-133H,7-10,27-33,40-45,102,104H2,1-6H3,(H2,103,119)(H,108,120)(H,110,130)(H,111,127)(H,112,129)(H,113,131)(H,114,126)(H,115,128)/t46?,47-,48-,64+,65-,70+,73-,74-,75+,76+,77-,78+,79-,80+,81+,82-,83+,85+,86-,87-,96-,97-,98-/m0/s1. The van der Waals surface area contributed by atoms with E-state index in [4.69, 9.17) is 89.9 Å². The summed E-state index contributed by atoms with van der Waals surface area (Å²) in [6.07, 6.45) is -24.0. The van der Waals surface area contributed by atoms with Crippen molar-refractivity contribution in [1.29, 1.82) is 0 Å². The quantitative estimate of drug-likeness (QED) is 0.0204. The first-order valence-corrected chi connectivity index (χ1v) is 49.1. The third kappa shape index (κ3) is 27.3. The van der Waals surface area contributed by atoms with Gasteiger partial charge in [-0.15, -0.1) is 0 Å². The second-order valence-electron chi connectivity index (χ2n) is 36.8. The number of phenols is 1. The summed E-state index contributed by atoms with van der Waals surface area (Å²) in [7, 11) is 1.37. The van der Waals surface area contributed by atoms with E-state index in [1.54, 1.807) is 26.0 Å². The Morgan fingerprint density at radius 3 is 1.86 bits per heavy atom. The minimum Gasteiger partial charge on any atom is -0.508 e. The number of thioether (sulfide) groups is 1. The first-order valence-electron chi connectivity index (χ1n) is 46.9. The molecular weight excluding hydrogens is 1940 g/mol. The lowest BCUT2D eigenvalue weighted by molar-refractivity contribution is -0.334. The van der Waals surface area contributed by atoms with Gasteiger partial charge in [0.15, 0.2) is 36.5 Å². The van der Waals surface area contributed by atoms with Gasteiger partial charge in [-0.3, -0.25) is 43.2 Å². The number of likely N-dealkylation sites (N-methyl/N-ethyl adjacent to an activating group) is 1. The molecule has 45 heteroatoms. The van der Waals surface area contributed by atoms with Crippen molar-refractivity contribution in [2.45, 2.75) is 238 Å². The Bertz CT molecular complexity index is 5690. The number of nitrogens with two attached hydrogens (primary N) is 3. The van der Waals surface area contributed by atoms with Gasteiger partial charge in [-0.1, -0.05) is 120 Å². The summed E-state index contributed by atoms with van der Waals surface area (Å²) in [4.78, 5) is 138. The lowest BCUT2D eigenvalue weighted by Gasteiger charge is -2.48. The zero-order valence-electron chi connectivity index (χ0n) is 79.1. The monoisotopic (exact) mass is 2060 g/mol. The number of rotatable bonds is 34. The van der Waals surface area contributed by atoms with Crippen molar-refractivity contribution in [2.24, 2.45) is 17.2 Å². The molecule has 3 fully saturated rings. The van der Waals surface area contributed by atoms with Gasteiger partial charge in [0.25, 0.3) is 0 Å². The van der Waals surface area contributed by atoms with E-state index in [-0.39, 0.29) is 77.0 Å². The Balaban J connectivity index is 0.981. The molecule has 7 aromatic carbocycles. The molecule has 27 N–H and O–H groups in total. The Kier molecular flexibility index (Phi) is 37.8. The van der Waals surface area contributed by atoms with Crippen LogP contribution in [0, 0.1) is 0 Å². The zero-order chi connectivity index (χ0) is 103. The third-order valence-electron chi connectivity index (χ3n) is 25.8. The summed E-state index contributed by atoms with van der Waals surface area (Å²) in [6.45, 7) is 10.4. The van der Waals surface area contributed by atoms with Crippen molar-refractivity contribution in [3.8, 4) is 56.8 Å². The molecule has 8 amide bonds. The van der Waals surface area contributed by atoms with Crippen LogP contribution in [-0.2, 0) is 73.4 Å². The number of aromatic hydroxyl groups is 1. The molecule has 23 atom stereocenters. The molecule has 8 aliphatic rings. The average Bonchev–Trinajstić information content (AvgIpc) is 0.760. The normalized spacial score (nSPS) is 27.7. The number of aliphatic hydroxyl groups is 9. The van der Waals surface area contributed by atoms with E-state index in [1.807, 2.05) is 36.4 Å². The molecule has 8 aliphatic heterocycles. The molecule has 143 heavy (non-hydrogen) atoms. The van der Waals surface area contributed by atoms with Crippen LogP contribution in [0.2, 0.25) is 15.1 Å². The Morgan fingerprint density at radius 2 is 1.23 bits per heavy atom. The van der Waals surface area contributed by atoms with Crippen molar-refractivity contribution < 1.29 is 132 Å². The number of hydrogen-bond acceptors (Lipinski definition) is 34. The number of benzene rings is 7. The number of halogens is 3. The van der Waals surface area contributed by atoms with Crippen LogP contribution in [-0.4, -0.2) is 271 Å². The van der Waals surface area contributed by atoms with Crippen LogP contribution in [0.3, 0.4) is 0 Å². The number of nitrogens with one attached hydrogen (secondary N) is 11. The van der Waals surface area contributed by atoms with Gasteiger partial charge in [-0.05, 0) is 209 Å². The maximum atomic E-state index is 16.9. The van der Waals surface area contributed by atoms with Gasteiger partial charge in [0.05, 0.1) is 65.4 Å². The minimum atomic E-state index is -2.43. The summed E-state index contributed by atoms with van der Waals surface area (Å²) in [6, 6.07) is 16.6. The van der Waals surface area contributed by atoms with E-state index < -0.39 is 261 Å². The molecule has 3 saturated heterocycles. The van der Waals surface area contributed by atoms with Crippen LogP contribution >= 0.6 is 46.6 Å². The minimum absolute atomic E-state index is 0.139. The van der Waals surface area contributed by atoms with Gasteiger partial charge in [0.1, 0.15) is 84.0 Å². The number of unbranched alkanes of at least 4 members (excludes halogenated alkanes) is 2. The molecule has 8 heterocycles. The number of hydrogen-bond donors (Lipinski definition) is 24. The van der Waals surface area contributed by atoms with Crippen molar-refractivity contribution in [3.05, 3.63) is 187 Å². The van der Waals surface area contributed by atoms with E-state index >= 15 is 28.8 Å². The van der Waals surface area contributed by atoms with E-state index in [0.29, 0.717) is 36.3 Å². The van der Waals surface area contributed by atoms with Gasteiger partial charge in [0.2, 0.25) is 64.4 Å². The number of aliphatic hydroxyl groups excluding tert-OH is 8. The largest absolute Gasteiger partial charge is 0.508 e. The first-order chi connectivity index (χ1) is 68.1. The zero-order valence-corrected chi connectivity index (χ0v) is 82.2. The fourth-order valence-electron chi connectivity index (χ4n) is 17.9. The summed E-state index contributed by atoms with van der Waals surface area (Å²) in [5.41, 5.74) is 15.9. The molecule has 774 valence electrons. The van der Waals surface area contributed by atoms with Crippen LogP contribution in [0.1, 0.15) is 162 Å². The highest BCUT2D eigenvalue weighted by molar-refractivity contribution is 8.14. The maximum absolute atomic E-state index is 16.9. The van der Waals surface area contributed by atoms with Crippen molar-refractivity contribution in [2.75, 3.05) is 58.7 Å². The second-order valence-corrected chi connectivity index (χ2v) is 39.0. The predicted molar refractivity (Wildman–Crippen MR) is 522 cm³/mol. The summed E-state index contributed by atoms with van der Waals surface area (Å²) in [5, 5.41) is 146. The SMILES string of the molecule is CN[C@H](CC(C)O)C(=O)N[C@H]1C(=O)N[C@@H](CC(N)=O)C(=O)N[C@H]2C(=O)N[C@H]3C(=O)N[C@H](C(=O)N[C@H](C(=O)SCC(=O)NCCCNCCCCCNCCN)c4cc(O)ccc4-c4cc3ccc4C(O)O)[C@H](O[C@H]3C[C@](C)(N)[C@@H](O)[C@H](C)O3)c3ccc(c(Cl)c3)Oc3cc2cc(c3O[C@@H]2O[C@H](CO)[C@@H](O)[C@H](O)[C@H]2O[C@H]2C[C@](C)(NCc3ccc(-c4ccc(Cl)cc4)cc3)[C@@H](O)[C@H](C)O2)Oc2ccc(cc2Cl)[C@H]1O. The Labute approximate surface area is 843 Å². The average molecular weight is 2070 g/mol. The van der Waals surface area contributed by atoms with Crippen LogP contribution in [0.15, 0.2) is 133 Å². The third-order valence-corrected chi connectivity index (χ3v) is 27.5. The number of ether oxygens (including phenoxy) is 8. The smallest absolute Gasteiger partial charge is 0.248 e. The van der Waals surface area contributed by atoms with Crippen molar-refractivity contribution >= 4 is 98.9 Å². The van der Waals surface area contributed by atoms with Gasteiger partial charge in [0, 0.05) is 60.7 Å². The molecule has 0 aliphatic carbocycles. The highest BCUT2D eigenvalue weighted by Gasteiger charge is 2.53. The fourth-order valence-corrected chi connectivity index (χ4v) is 19.2. The first kappa shape index (κ1) is 110. The summed E-state index contributed by atoms with van der Waals surface area (Å²) >= 11 is 21.5.